The lowest BCUT2D eigenvalue weighted by Crippen LogP contribution is -1.74. The average Bonchev–Trinajstić information content (AvgIpc) is 2.53. The Morgan fingerprint density at radius 1 is 1.00 bits per heavy atom. The molecule has 66 valence electrons. The molecule has 13 heavy (non-hydrogen) atoms. The Labute approximate surface area is 81.8 Å². The summed E-state index contributed by atoms with van der Waals surface area (Å²) in [5.74, 6) is 0. The number of benzene rings is 1. The fourth-order valence-electron chi connectivity index (χ4n) is 1.23. The molecule has 2 N–H and O–H groups in total. The van der Waals surface area contributed by atoms with E-state index in [0.29, 0.717) is 0 Å². The highest BCUT2D eigenvalue weighted by atomic mass is 32.1. The quantitative estimate of drug-likeness (QED) is 0.731. The normalized spacial score (nSPS) is 10.2. The molecule has 0 unspecified atom stereocenters. The Kier molecular flexibility index (Phi) is 2.07. The van der Waals surface area contributed by atoms with Crippen LogP contribution in [0.3, 0.4) is 0 Å². The fourth-order valence-corrected chi connectivity index (χ4v) is 2.01. The standard InChI is InChI=1S/C11H11NS/c1-8-2-4-9(5-3-8)10-6-7-11(12)13-10/h2-7H,12H2,1H3. The van der Waals surface area contributed by atoms with Crippen molar-refractivity contribution in [3.63, 3.8) is 0 Å². The van der Waals surface area contributed by atoms with Gasteiger partial charge in [-0.3, -0.25) is 0 Å². The van der Waals surface area contributed by atoms with Gasteiger partial charge in [-0.1, -0.05) is 29.8 Å². The lowest BCUT2D eigenvalue weighted by Gasteiger charge is -1.96. The van der Waals surface area contributed by atoms with E-state index in [0.717, 1.165) is 5.00 Å². The largest absolute Gasteiger partial charge is 0.391 e. The van der Waals surface area contributed by atoms with Gasteiger partial charge in [0.25, 0.3) is 0 Å². The summed E-state index contributed by atoms with van der Waals surface area (Å²) in [6.07, 6.45) is 0. The van der Waals surface area contributed by atoms with E-state index >= 15 is 0 Å². The Morgan fingerprint density at radius 2 is 1.69 bits per heavy atom. The van der Waals surface area contributed by atoms with Crippen molar-refractivity contribution in [2.24, 2.45) is 0 Å². The Balaban J connectivity index is 2.41. The van der Waals surface area contributed by atoms with Gasteiger partial charge in [0.2, 0.25) is 0 Å². The summed E-state index contributed by atoms with van der Waals surface area (Å²) >= 11 is 1.62. The number of nitrogen functional groups attached to an aromatic ring is 1. The van der Waals surface area contributed by atoms with E-state index < -0.39 is 0 Å². The van der Waals surface area contributed by atoms with E-state index in [1.54, 1.807) is 11.3 Å². The van der Waals surface area contributed by atoms with Crippen LogP contribution >= 0.6 is 11.3 Å². The van der Waals surface area contributed by atoms with Gasteiger partial charge in [-0.05, 0) is 24.6 Å². The number of thiophene rings is 1. The van der Waals surface area contributed by atoms with Crippen LogP contribution in [0.15, 0.2) is 36.4 Å². The van der Waals surface area contributed by atoms with E-state index in [4.69, 9.17) is 5.73 Å². The van der Waals surface area contributed by atoms with Crippen LogP contribution in [-0.4, -0.2) is 0 Å². The van der Waals surface area contributed by atoms with Gasteiger partial charge in [-0.2, -0.15) is 0 Å². The fraction of sp³-hybridized carbons (Fsp3) is 0.0909. The SMILES string of the molecule is Cc1ccc(-c2ccc(N)s2)cc1. The molecule has 0 atom stereocenters. The molecule has 0 spiro atoms. The molecule has 1 aromatic carbocycles. The maximum atomic E-state index is 5.66. The second kappa shape index (κ2) is 3.23. The predicted octanol–water partition coefficient (Wildman–Crippen LogP) is 3.31. The lowest BCUT2D eigenvalue weighted by atomic mass is 10.1. The van der Waals surface area contributed by atoms with Crippen LogP contribution in [0.5, 0.6) is 0 Å². The molecule has 0 radical (unpaired) electrons. The maximum absolute atomic E-state index is 5.66. The Morgan fingerprint density at radius 3 is 2.23 bits per heavy atom. The first-order valence-corrected chi connectivity index (χ1v) is 5.00. The smallest absolute Gasteiger partial charge is 0.0862 e. The van der Waals surface area contributed by atoms with Crippen LogP contribution in [0, 0.1) is 6.92 Å². The van der Waals surface area contributed by atoms with Gasteiger partial charge in [-0.25, -0.2) is 0 Å². The minimum absolute atomic E-state index is 0.871. The summed E-state index contributed by atoms with van der Waals surface area (Å²) in [7, 11) is 0. The zero-order chi connectivity index (χ0) is 9.26. The zero-order valence-electron chi connectivity index (χ0n) is 7.45. The third-order valence-electron chi connectivity index (χ3n) is 1.96. The summed E-state index contributed by atoms with van der Waals surface area (Å²) in [4.78, 5) is 1.23. The van der Waals surface area contributed by atoms with Gasteiger partial charge in [-0.15, -0.1) is 11.3 Å². The van der Waals surface area contributed by atoms with Crippen molar-refractivity contribution in [1.29, 1.82) is 0 Å². The first-order valence-electron chi connectivity index (χ1n) is 4.18. The second-order valence-corrected chi connectivity index (χ2v) is 4.18. The monoisotopic (exact) mass is 189 g/mol. The minimum atomic E-state index is 0.871. The van der Waals surface area contributed by atoms with Crippen LogP contribution in [0.2, 0.25) is 0 Å². The van der Waals surface area contributed by atoms with Crippen LogP contribution in [0.1, 0.15) is 5.56 Å². The molecular formula is C11H11NS. The van der Waals surface area contributed by atoms with Crippen molar-refractivity contribution in [3.05, 3.63) is 42.0 Å². The molecule has 0 bridgehead atoms. The minimum Gasteiger partial charge on any atom is -0.391 e. The highest BCUT2D eigenvalue weighted by Gasteiger charge is 1.99. The van der Waals surface area contributed by atoms with Crippen LogP contribution in [0.25, 0.3) is 10.4 Å². The summed E-state index contributed by atoms with van der Waals surface area (Å²) in [5, 5.41) is 0.871. The van der Waals surface area contributed by atoms with Gasteiger partial charge < -0.3 is 5.73 Å². The molecule has 0 amide bonds. The summed E-state index contributed by atoms with van der Waals surface area (Å²) in [5.41, 5.74) is 8.19. The van der Waals surface area contributed by atoms with Gasteiger partial charge >= 0.3 is 0 Å². The van der Waals surface area contributed by atoms with Crippen molar-refractivity contribution in [2.45, 2.75) is 6.92 Å². The maximum Gasteiger partial charge on any atom is 0.0862 e. The van der Waals surface area contributed by atoms with Crippen LogP contribution in [-0.2, 0) is 0 Å². The van der Waals surface area contributed by atoms with Crippen molar-refractivity contribution in [1.82, 2.24) is 0 Å². The summed E-state index contributed by atoms with van der Waals surface area (Å²) < 4.78 is 0. The van der Waals surface area contributed by atoms with E-state index in [9.17, 15) is 0 Å². The third-order valence-corrected chi connectivity index (χ3v) is 2.93. The van der Waals surface area contributed by atoms with Gasteiger partial charge in [0.05, 0.1) is 5.00 Å². The van der Waals surface area contributed by atoms with Crippen molar-refractivity contribution < 1.29 is 0 Å². The molecule has 2 aromatic rings. The Bertz CT molecular complexity index is 400. The number of rotatable bonds is 1. The molecular weight excluding hydrogens is 178 g/mol. The summed E-state index contributed by atoms with van der Waals surface area (Å²) in [6, 6.07) is 12.5. The van der Waals surface area contributed by atoms with Gasteiger partial charge in [0.15, 0.2) is 0 Å². The number of aryl methyl sites for hydroxylation is 1. The highest BCUT2D eigenvalue weighted by molar-refractivity contribution is 7.19. The number of nitrogens with two attached hydrogens (primary N) is 1. The second-order valence-electron chi connectivity index (χ2n) is 3.07. The molecule has 1 heterocycles. The van der Waals surface area contributed by atoms with Crippen molar-refractivity contribution in [3.8, 4) is 10.4 Å². The zero-order valence-corrected chi connectivity index (χ0v) is 8.27. The molecule has 2 heteroatoms. The summed E-state index contributed by atoms with van der Waals surface area (Å²) in [6.45, 7) is 2.09. The number of hydrogen-bond acceptors (Lipinski definition) is 2. The van der Waals surface area contributed by atoms with Crippen LogP contribution in [0.4, 0.5) is 5.00 Å². The highest BCUT2D eigenvalue weighted by Crippen LogP contribution is 2.29. The van der Waals surface area contributed by atoms with E-state index in [1.165, 1.54) is 16.0 Å². The van der Waals surface area contributed by atoms with Crippen molar-refractivity contribution >= 4 is 16.3 Å². The first kappa shape index (κ1) is 8.32. The molecule has 0 fully saturated rings. The van der Waals surface area contributed by atoms with E-state index in [-0.39, 0.29) is 0 Å². The first-order chi connectivity index (χ1) is 6.25. The number of hydrogen-bond donors (Lipinski definition) is 1. The molecule has 0 aliphatic heterocycles. The lowest BCUT2D eigenvalue weighted by molar-refractivity contribution is 1.48. The molecule has 0 saturated heterocycles. The van der Waals surface area contributed by atoms with E-state index in [2.05, 4.69) is 37.3 Å². The molecule has 0 saturated carbocycles. The average molecular weight is 189 g/mol. The van der Waals surface area contributed by atoms with Gasteiger partial charge in [0.1, 0.15) is 0 Å². The molecule has 1 aromatic heterocycles. The van der Waals surface area contributed by atoms with Crippen molar-refractivity contribution in [2.75, 3.05) is 5.73 Å². The van der Waals surface area contributed by atoms with Gasteiger partial charge in [0, 0.05) is 4.88 Å². The Hall–Kier alpha value is -1.28. The topological polar surface area (TPSA) is 26.0 Å². The molecule has 0 aliphatic carbocycles. The van der Waals surface area contributed by atoms with Crippen LogP contribution < -0.4 is 5.73 Å². The molecule has 0 aliphatic rings. The third kappa shape index (κ3) is 1.73. The number of anilines is 1. The van der Waals surface area contributed by atoms with E-state index in [1.807, 2.05) is 6.07 Å². The molecule has 1 nitrogen and oxygen atoms in total. The molecule has 2 rings (SSSR count). The predicted molar refractivity (Wildman–Crippen MR) is 58.9 cm³/mol.